The van der Waals surface area contributed by atoms with Gasteiger partial charge < -0.3 is 4.90 Å². The lowest BCUT2D eigenvalue weighted by Gasteiger charge is -2.49. The first-order valence-electron chi connectivity index (χ1n) is 15.2. The first kappa shape index (κ1) is 26.1. The second-order valence-electron chi connectivity index (χ2n) is 11.8. The van der Waals surface area contributed by atoms with Crippen molar-refractivity contribution in [3.05, 3.63) is 190 Å². The van der Waals surface area contributed by atoms with Gasteiger partial charge in [-0.2, -0.15) is 0 Å². The largest absolute Gasteiger partial charge is 0.310 e. The summed E-state index contributed by atoms with van der Waals surface area (Å²) in [5, 5.41) is 1.68. The van der Waals surface area contributed by atoms with E-state index in [0.29, 0.717) is 5.39 Å². The van der Waals surface area contributed by atoms with Crippen molar-refractivity contribution >= 4 is 39.6 Å². The molecular weight excluding hydrogens is 569 g/mol. The normalized spacial score (nSPS) is 14.0. The van der Waals surface area contributed by atoms with Gasteiger partial charge in [-0.25, -0.2) is 0 Å². The Bertz CT molecular complexity index is 2260. The third-order valence-electron chi connectivity index (χ3n) is 9.39. The van der Waals surface area contributed by atoms with E-state index in [1.165, 1.54) is 32.0 Å². The van der Waals surface area contributed by atoms with Crippen LogP contribution < -0.4 is 10.5 Å². The molecule has 2 aliphatic heterocycles. The Morgan fingerprint density at radius 3 is 1.69 bits per heavy atom. The fraction of sp³-hybridized carbons (Fsp3) is 0.0488. The molecule has 9 rings (SSSR count). The van der Waals surface area contributed by atoms with Gasteiger partial charge in [0.05, 0.1) is 16.8 Å². The fourth-order valence-corrected chi connectivity index (χ4v) is 8.71. The summed E-state index contributed by atoms with van der Waals surface area (Å²) in [6.45, 7) is 2.09. The summed E-state index contributed by atoms with van der Waals surface area (Å²) in [5.41, 5.74) is 9.87. The van der Waals surface area contributed by atoms with E-state index in [9.17, 15) is 4.79 Å². The molecule has 4 heteroatoms. The number of hydrogen-bond acceptors (Lipinski definition) is 3. The van der Waals surface area contributed by atoms with E-state index in [4.69, 9.17) is 0 Å². The van der Waals surface area contributed by atoms with Gasteiger partial charge in [-0.1, -0.05) is 103 Å². The molecule has 0 fully saturated rings. The Morgan fingerprint density at radius 2 is 1.07 bits per heavy atom. The Kier molecular flexibility index (Phi) is 5.71. The standard InChI is InChI=1S/C41H28N2OS/c1-27-26-42(28-13-3-2-4-14-28)40(44)30-24-23-29(25-31(27)30)43-36-19-9-5-15-32(36)41(33-16-6-10-20-37(33)43)34-17-7-11-21-38(34)45-39-22-12-8-18-35(39)41/h2-26H,1H3. The van der Waals surface area contributed by atoms with Crippen molar-refractivity contribution in [3.63, 3.8) is 0 Å². The molecule has 0 saturated heterocycles. The zero-order chi connectivity index (χ0) is 30.1. The van der Waals surface area contributed by atoms with E-state index in [1.807, 2.05) is 54.4 Å². The predicted molar refractivity (Wildman–Crippen MR) is 185 cm³/mol. The van der Waals surface area contributed by atoms with Gasteiger partial charge in [0.2, 0.25) is 0 Å². The highest BCUT2D eigenvalue weighted by molar-refractivity contribution is 7.99. The second-order valence-corrected chi connectivity index (χ2v) is 12.9. The number of aromatic nitrogens is 1. The molecule has 3 nitrogen and oxygen atoms in total. The minimum atomic E-state index is -0.474. The van der Waals surface area contributed by atoms with Crippen LogP contribution in [0.2, 0.25) is 0 Å². The van der Waals surface area contributed by atoms with E-state index in [0.717, 1.165) is 33.7 Å². The molecule has 1 aromatic heterocycles. The molecule has 0 amide bonds. The SMILES string of the molecule is Cc1cn(-c2ccccc2)c(=O)c2ccc(N3c4ccccc4C4(c5ccccc5Sc5ccccc54)c4ccccc43)cc12. The van der Waals surface area contributed by atoms with Gasteiger partial charge in [0.15, 0.2) is 0 Å². The van der Waals surface area contributed by atoms with Gasteiger partial charge in [0.1, 0.15) is 0 Å². The number of nitrogens with zero attached hydrogens (tertiary/aromatic N) is 2. The third-order valence-corrected chi connectivity index (χ3v) is 10.5. The van der Waals surface area contributed by atoms with Crippen molar-refractivity contribution in [3.8, 4) is 5.69 Å². The van der Waals surface area contributed by atoms with Crippen LogP contribution in [-0.2, 0) is 5.41 Å². The number of pyridine rings is 1. The monoisotopic (exact) mass is 596 g/mol. The van der Waals surface area contributed by atoms with Crippen LogP contribution in [0, 0.1) is 6.92 Å². The molecule has 0 aliphatic carbocycles. The van der Waals surface area contributed by atoms with Crippen LogP contribution in [0.5, 0.6) is 0 Å². The molecule has 0 atom stereocenters. The van der Waals surface area contributed by atoms with Gasteiger partial charge in [-0.3, -0.25) is 9.36 Å². The lowest BCUT2D eigenvalue weighted by atomic mass is 9.62. The highest BCUT2D eigenvalue weighted by Gasteiger charge is 2.50. The van der Waals surface area contributed by atoms with Gasteiger partial charge in [-0.15, -0.1) is 0 Å². The molecule has 0 bridgehead atoms. The zero-order valence-corrected chi connectivity index (χ0v) is 25.5. The van der Waals surface area contributed by atoms with Crippen LogP contribution in [0.25, 0.3) is 16.5 Å². The molecule has 1 spiro atoms. The lowest BCUT2D eigenvalue weighted by Crippen LogP contribution is -2.39. The van der Waals surface area contributed by atoms with Crippen molar-refractivity contribution in [2.45, 2.75) is 22.1 Å². The van der Waals surface area contributed by atoms with Crippen molar-refractivity contribution in [2.75, 3.05) is 4.90 Å². The van der Waals surface area contributed by atoms with Crippen LogP contribution in [0.1, 0.15) is 27.8 Å². The molecule has 6 aromatic carbocycles. The average Bonchev–Trinajstić information content (AvgIpc) is 3.10. The fourth-order valence-electron chi connectivity index (χ4n) is 7.52. The van der Waals surface area contributed by atoms with Crippen molar-refractivity contribution < 1.29 is 0 Å². The number of para-hydroxylation sites is 3. The van der Waals surface area contributed by atoms with Crippen LogP contribution in [0.15, 0.2) is 166 Å². The Hall–Kier alpha value is -5.32. The molecule has 7 aromatic rings. The zero-order valence-electron chi connectivity index (χ0n) is 24.6. The Labute approximate surface area is 266 Å². The summed E-state index contributed by atoms with van der Waals surface area (Å²) >= 11 is 1.86. The molecule has 0 unspecified atom stereocenters. The number of hydrogen-bond donors (Lipinski definition) is 0. The van der Waals surface area contributed by atoms with Crippen LogP contribution in [0.3, 0.4) is 0 Å². The quantitative estimate of drug-likeness (QED) is 0.199. The second kappa shape index (κ2) is 9.85. The molecule has 0 radical (unpaired) electrons. The van der Waals surface area contributed by atoms with E-state index in [-0.39, 0.29) is 5.56 Å². The number of rotatable bonds is 2. The summed E-state index contributed by atoms with van der Waals surface area (Å²) in [6.07, 6.45) is 1.96. The molecule has 214 valence electrons. The number of benzene rings is 6. The predicted octanol–water partition coefficient (Wildman–Crippen LogP) is 9.93. The Morgan fingerprint density at radius 1 is 0.533 bits per heavy atom. The van der Waals surface area contributed by atoms with Crippen LogP contribution >= 0.6 is 11.8 Å². The maximum Gasteiger partial charge on any atom is 0.262 e. The average molecular weight is 597 g/mol. The lowest BCUT2D eigenvalue weighted by molar-refractivity contribution is 0.692. The van der Waals surface area contributed by atoms with Gasteiger partial charge in [0, 0.05) is 32.7 Å². The molecule has 2 aliphatic rings. The van der Waals surface area contributed by atoms with E-state index < -0.39 is 5.41 Å². The van der Waals surface area contributed by atoms with Crippen molar-refractivity contribution in [1.29, 1.82) is 0 Å². The molecule has 0 saturated carbocycles. The first-order chi connectivity index (χ1) is 22.2. The smallest absolute Gasteiger partial charge is 0.262 e. The third kappa shape index (κ3) is 3.63. The van der Waals surface area contributed by atoms with E-state index in [2.05, 4.69) is 121 Å². The highest BCUT2D eigenvalue weighted by atomic mass is 32.2. The van der Waals surface area contributed by atoms with Gasteiger partial charge >= 0.3 is 0 Å². The topological polar surface area (TPSA) is 25.2 Å². The maximum absolute atomic E-state index is 13.7. The first-order valence-corrected chi connectivity index (χ1v) is 16.1. The summed E-state index contributed by atoms with van der Waals surface area (Å²) in [4.78, 5) is 18.7. The molecule has 3 heterocycles. The van der Waals surface area contributed by atoms with Gasteiger partial charge in [-0.05, 0) is 94.7 Å². The van der Waals surface area contributed by atoms with Crippen LogP contribution in [0.4, 0.5) is 17.1 Å². The summed E-state index contributed by atoms with van der Waals surface area (Å²) in [5.74, 6) is 0. The minimum absolute atomic E-state index is 0.0142. The minimum Gasteiger partial charge on any atom is -0.310 e. The number of aryl methyl sites for hydroxylation is 1. The molecule has 0 N–H and O–H groups in total. The van der Waals surface area contributed by atoms with Gasteiger partial charge in [0.25, 0.3) is 5.56 Å². The van der Waals surface area contributed by atoms with E-state index in [1.54, 1.807) is 4.57 Å². The van der Waals surface area contributed by atoms with Crippen LogP contribution in [-0.4, -0.2) is 4.57 Å². The number of anilines is 3. The number of fused-ring (bicyclic) bond motifs is 9. The Balaban J connectivity index is 1.32. The molecule has 45 heavy (non-hydrogen) atoms. The summed E-state index contributed by atoms with van der Waals surface area (Å²) in [6, 6.07) is 51.5. The van der Waals surface area contributed by atoms with E-state index >= 15 is 0 Å². The molecular formula is C41H28N2OS. The van der Waals surface area contributed by atoms with Crippen molar-refractivity contribution in [1.82, 2.24) is 4.57 Å². The maximum atomic E-state index is 13.7. The summed E-state index contributed by atoms with van der Waals surface area (Å²) < 4.78 is 1.75. The highest BCUT2D eigenvalue weighted by Crippen LogP contribution is 2.62. The van der Waals surface area contributed by atoms with Crippen molar-refractivity contribution in [2.24, 2.45) is 0 Å². The summed E-state index contributed by atoms with van der Waals surface area (Å²) in [7, 11) is 0.